The van der Waals surface area contributed by atoms with Gasteiger partial charge in [-0.1, -0.05) is 17.1 Å². The zero-order valence-corrected chi connectivity index (χ0v) is 17.0. The predicted octanol–water partition coefficient (Wildman–Crippen LogP) is -0.432. The van der Waals surface area contributed by atoms with Gasteiger partial charge in [-0.05, 0) is 13.0 Å². The van der Waals surface area contributed by atoms with Crippen LogP contribution in [0.1, 0.15) is 24.7 Å². The number of aromatic nitrogens is 2. The standard InChI is InChI=1S/C17H16N4O6S2/c1-8-3-4-11(19-21(8)27)10-6-29-16-17(7-28,18-12(23)5-9(2)22)15(26)20(16)13(10)14(24)25/h3-4,7,16H,5-6H2,1-2H3,(H,18,23)(H,24,25)/t16-,17?/m0/s1. The summed E-state index contributed by atoms with van der Waals surface area (Å²) in [5.41, 5.74) is -1.21. The third-order valence-corrected chi connectivity index (χ3v) is 6.27. The average Bonchev–Trinajstić information content (AvgIpc) is 2.66. The second-order valence-electron chi connectivity index (χ2n) is 6.62. The number of Topliss-reactive ketones (excluding diaryl/α,β-unsaturated/α-hetero) is 1. The fourth-order valence-corrected chi connectivity index (χ4v) is 4.99. The van der Waals surface area contributed by atoms with Gasteiger partial charge in [0.25, 0.3) is 5.91 Å². The molecular formula is C17H16N4O6S2. The quantitative estimate of drug-likeness (QED) is 0.199. The Kier molecular flexibility index (Phi) is 5.41. The van der Waals surface area contributed by atoms with Crippen molar-refractivity contribution >= 4 is 58.5 Å². The lowest BCUT2D eigenvalue weighted by Gasteiger charge is -2.55. The van der Waals surface area contributed by atoms with E-state index in [-0.39, 0.29) is 28.5 Å². The minimum atomic E-state index is -1.59. The highest BCUT2D eigenvalue weighted by Gasteiger charge is 2.64. The van der Waals surface area contributed by atoms with E-state index in [9.17, 15) is 29.5 Å². The van der Waals surface area contributed by atoms with Crippen LogP contribution in [-0.4, -0.2) is 60.7 Å². The van der Waals surface area contributed by atoms with E-state index in [1.165, 1.54) is 30.8 Å². The molecule has 1 fully saturated rings. The summed E-state index contributed by atoms with van der Waals surface area (Å²) in [5.74, 6) is -3.03. The molecular weight excluding hydrogens is 420 g/mol. The minimum absolute atomic E-state index is 0.125. The molecule has 1 aromatic heterocycles. The molecule has 1 saturated heterocycles. The van der Waals surface area contributed by atoms with Crippen molar-refractivity contribution in [2.45, 2.75) is 31.2 Å². The summed E-state index contributed by atoms with van der Waals surface area (Å²) >= 11 is 6.15. The summed E-state index contributed by atoms with van der Waals surface area (Å²) in [5, 5.41) is 28.1. The first-order valence-electron chi connectivity index (χ1n) is 8.38. The number of fused-ring (bicyclic) bond motifs is 1. The summed E-state index contributed by atoms with van der Waals surface area (Å²) in [7, 11) is 0. The Bertz CT molecular complexity index is 994. The minimum Gasteiger partial charge on any atom is -0.594 e. The summed E-state index contributed by atoms with van der Waals surface area (Å²) in [4.78, 5) is 49.5. The monoisotopic (exact) mass is 436 g/mol. The van der Waals surface area contributed by atoms with Crippen molar-refractivity contribution in [3.63, 3.8) is 0 Å². The Balaban J connectivity index is 2.00. The first-order chi connectivity index (χ1) is 13.6. The molecule has 2 N–H and O–H groups in total. The molecule has 3 heterocycles. The third-order valence-electron chi connectivity index (χ3n) is 4.55. The summed E-state index contributed by atoms with van der Waals surface area (Å²) in [6, 6.07) is 3.01. The second kappa shape index (κ2) is 7.52. The van der Waals surface area contributed by atoms with E-state index in [4.69, 9.17) is 12.2 Å². The van der Waals surface area contributed by atoms with Crippen molar-refractivity contribution in [1.29, 1.82) is 0 Å². The number of amides is 2. The molecule has 152 valence electrons. The van der Waals surface area contributed by atoms with Gasteiger partial charge in [0.2, 0.25) is 11.6 Å². The number of β-lactam (4-membered cyclic amide) rings is 1. The Morgan fingerprint density at radius 3 is 2.76 bits per heavy atom. The number of aliphatic carboxylic acids is 1. The average molecular weight is 436 g/mol. The van der Waals surface area contributed by atoms with Gasteiger partial charge in [-0.15, -0.1) is 11.8 Å². The largest absolute Gasteiger partial charge is 0.594 e. The van der Waals surface area contributed by atoms with Crippen LogP contribution in [0, 0.1) is 12.1 Å². The Morgan fingerprint density at radius 1 is 1.52 bits per heavy atom. The van der Waals surface area contributed by atoms with Gasteiger partial charge in [-0.25, -0.2) is 4.79 Å². The zero-order valence-electron chi connectivity index (χ0n) is 15.4. The molecule has 1 unspecified atom stereocenters. The molecule has 12 heteroatoms. The van der Waals surface area contributed by atoms with Crippen LogP contribution in [0.25, 0.3) is 5.57 Å². The van der Waals surface area contributed by atoms with E-state index >= 15 is 0 Å². The number of carboxylic acids is 1. The molecule has 0 bridgehead atoms. The van der Waals surface area contributed by atoms with Crippen LogP contribution in [0.3, 0.4) is 0 Å². The van der Waals surface area contributed by atoms with E-state index < -0.39 is 35.1 Å². The first-order valence-corrected chi connectivity index (χ1v) is 9.90. The van der Waals surface area contributed by atoms with Crippen LogP contribution < -0.4 is 10.2 Å². The molecule has 2 amide bonds. The van der Waals surface area contributed by atoms with Gasteiger partial charge in [-0.3, -0.25) is 19.3 Å². The van der Waals surface area contributed by atoms with Crippen LogP contribution in [0.5, 0.6) is 0 Å². The fraction of sp³-hybridized carbons (Fsp3) is 0.353. The van der Waals surface area contributed by atoms with Crippen LogP contribution in [0.15, 0.2) is 17.8 Å². The Hall–Kier alpha value is -2.86. The molecule has 2 atom stereocenters. The second-order valence-corrected chi connectivity index (χ2v) is 7.92. The first kappa shape index (κ1) is 20.9. The van der Waals surface area contributed by atoms with Gasteiger partial charge < -0.3 is 15.6 Å². The maximum Gasteiger partial charge on any atom is 0.353 e. The topological polar surface area (TPSA) is 144 Å². The maximum atomic E-state index is 12.9. The van der Waals surface area contributed by atoms with Crippen LogP contribution >= 0.6 is 24.0 Å². The number of hydrogen-bond donors (Lipinski definition) is 2. The maximum absolute atomic E-state index is 12.9. The van der Waals surface area contributed by atoms with Crippen LogP contribution in [0.2, 0.25) is 0 Å². The molecule has 0 aromatic carbocycles. The summed E-state index contributed by atoms with van der Waals surface area (Å²) in [6.07, 6.45) is -0.417. The molecule has 0 saturated carbocycles. The number of aryl methyl sites for hydroxylation is 1. The number of nitrogens with zero attached hydrogens (tertiary/aromatic N) is 3. The normalized spacial score (nSPS) is 23.2. The third kappa shape index (κ3) is 3.38. The lowest BCUT2D eigenvalue weighted by molar-refractivity contribution is -0.675. The van der Waals surface area contributed by atoms with Crippen molar-refractivity contribution in [2.24, 2.45) is 0 Å². The van der Waals surface area contributed by atoms with Gasteiger partial charge >= 0.3 is 5.97 Å². The van der Waals surface area contributed by atoms with Crippen LogP contribution in [-0.2, 0) is 19.2 Å². The molecule has 0 aliphatic carbocycles. The highest BCUT2D eigenvalue weighted by atomic mass is 32.2. The van der Waals surface area contributed by atoms with Gasteiger partial charge in [-0.2, -0.15) is 0 Å². The number of thiocarbonyl (C=S) groups is 1. The van der Waals surface area contributed by atoms with Gasteiger partial charge in [0.1, 0.15) is 22.5 Å². The number of thioether (sulfide) groups is 1. The number of hydrogen-bond acceptors (Lipinski definition) is 8. The summed E-state index contributed by atoms with van der Waals surface area (Å²) in [6.45, 7) is 2.79. The van der Waals surface area contributed by atoms with Crippen LogP contribution in [0.4, 0.5) is 0 Å². The number of rotatable bonds is 6. The molecule has 29 heavy (non-hydrogen) atoms. The number of carboxylic acid groups (broad SMARTS) is 1. The van der Waals surface area contributed by atoms with Crippen molar-refractivity contribution in [2.75, 3.05) is 5.75 Å². The molecule has 0 spiro atoms. The van der Waals surface area contributed by atoms with Gasteiger partial charge in [0.05, 0.1) is 6.42 Å². The smallest absolute Gasteiger partial charge is 0.353 e. The number of nitrogens with one attached hydrogen (secondary N) is 1. The lowest BCUT2D eigenvalue weighted by atomic mass is 9.87. The molecule has 3 rings (SSSR count). The van der Waals surface area contributed by atoms with E-state index in [0.717, 1.165) is 10.3 Å². The highest BCUT2D eigenvalue weighted by Crippen LogP contribution is 2.47. The zero-order chi connectivity index (χ0) is 21.5. The molecule has 1 aromatic rings. The molecule has 10 nitrogen and oxygen atoms in total. The SMILES string of the molecule is CC(=O)CC(=O)NC1(C=S)C(=O)N2C(C(=O)O)=C(c3ccc(C)[n+]([O-])n3)CS[C@H]21. The number of carbonyl (C=O) groups excluding carboxylic acids is 3. The van der Waals surface area contributed by atoms with E-state index in [0.29, 0.717) is 10.5 Å². The number of ketones is 1. The Morgan fingerprint density at radius 2 is 2.21 bits per heavy atom. The molecule has 2 aliphatic heterocycles. The van der Waals surface area contributed by atoms with Crippen molar-refractivity contribution in [3.8, 4) is 0 Å². The van der Waals surface area contributed by atoms with Crippen molar-refractivity contribution in [3.05, 3.63) is 34.4 Å². The van der Waals surface area contributed by atoms with E-state index in [1.54, 1.807) is 6.92 Å². The van der Waals surface area contributed by atoms with E-state index in [1.807, 2.05) is 0 Å². The van der Waals surface area contributed by atoms with Gasteiger partial charge in [0.15, 0.2) is 5.54 Å². The van der Waals surface area contributed by atoms with Crippen molar-refractivity contribution in [1.82, 2.24) is 15.3 Å². The molecule has 2 aliphatic rings. The Labute approximate surface area is 174 Å². The summed E-state index contributed by atoms with van der Waals surface area (Å²) < 4.78 is 0. The fourth-order valence-electron chi connectivity index (χ4n) is 3.17. The number of carbonyl (C=O) groups is 4. The highest BCUT2D eigenvalue weighted by molar-refractivity contribution is 8.00. The van der Waals surface area contributed by atoms with Crippen molar-refractivity contribution < 1.29 is 29.1 Å². The predicted molar refractivity (Wildman–Crippen MR) is 105 cm³/mol. The van der Waals surface area contributed by atoms with E-state index in [2.05, 4.69) is 10.4 Å². The lowest BCUT2D eigenvalue weighted by Crippen LogP contribution is -2.80. The molecule has 0 radical (unpaired) electrons. The van der Waals surface area contributed by atoms with Gasteiger partial charge in [0, 0.05) is 34.8 Å².